The molecule has 2 rings (SSSR count). The van der Waals surface area contributed by atoms with Crippen molar-refractivity contribution in [2.75, 3.05) is 33.7 Å². The highest BCUT2D eigenvalue weighted by Gasteiger charge is 2.22. The van der Waals surface area contributed by atoms with Gasteiger partial charge >= 0.3 is 0 Å². The van der Waals surface area contributed by atoms with Gasteiger partial charge in [-0.3, -0.25) is 0 Å². The first kappa shape index (κ1) is 17.5. The summed E-state index contributed by atoms with van der Waals surface area (Å²) in [4.78, 5) is 2.28. The summed E-state index contributed by atoms with van der Waals surface area (Å²) in [7, 11) is 0.336. The van der Waals surface area contributed by atoms with Gasteiger partial charge in [-0.15, -0.1) is 0 Å². The molecule has 1 saturated heterocycles. The van der Waals surface area contributed by atoms with E-state index in [1.165, 1.54) is 9.71 Å². The first-order valence-electron chi connectivity index (χ1n) is 7.46. The molecular weight excluding hydrogens is 320 g/mol. The molecule has 1 heterocycles. The van der Waals surface area contributed by atoms with Gasteiger partial charge in [0, 0.05) is 24.0 Å². The van der Waals surface area contributed by atoms with Gasteiger partial charge in [0.2, 0.25) is 10.0 Å². The number of nitrogens with zero attached hydrogens (tertiary/aromatic N) is 2. The normalized spacial score (nSPS) is 18.4. The summed E-state index contributed by atoms with van der Waals surface area (Å²) in [6.07, 6.45) is 3.65. The van der Waals surface area contributed by atoms with Crippen LogP contribution in [0.5, 0.6) is 0 Å². The maximum Gasteiger partial charge on any atom is 0.235 e. The van der Waals surface area contributed by atoms with Crippen LogP contribution in [0, 0.1) is 5.92 Å². The first-order chi connectivity index (χ1) is 10.4. The molecule has 0 saturated carbocycles. The molecule has 1 aliphatic rings. The number of likely N-dealkylation sites (tertiary alicyclic amines) is 1. The Labute approximate surface area is 138 Å². The smallest absolute Gasteiger partial charge is 0.235 e. The van der Waals surface area contributed by atoms with Crippen LogP contribution in [-0.4, -0.2) is 51.4 Å². The Morgan fingerprint density at radius 2 is 1.95 bits per heavy atom. The third-order valence-electron chi connectivity index (χ3n) is 4.11. The van der Waals surface area contributed by atoms with Gasteiger partial charge in [0.25, 0.3) is 0 Å². The molecule has 0 unspecified atom stereocenters. The topological polar surface area (TPSA) is 40.6 Å². The van der Waals surface area contributed by atoms with E-state index in [0.29, 0.717) is 23.0 Å². The Hall–Kier alpha value is -0.880. The van der Waals surface area contributed by atoms with Crippen molar-refractivity contribution >= 4 is 27.7 Å². The number of hydrogen-bond donors (Lipinski definition) is 0. The van der Waals surface area contributed by atoms with Crippen LogP contribution in [0.2, 0.25) is 5.02 Å². The highest BCUT2D eigenvalue weighted by molar-refractivity contribution is 7.92. The van der Waals surface area contributed by atoms with Crippen LogP contribution in [-0.2, 0) is 10.0 Å². The first-order valence-corrected chi connectivity index (χ1v) is 9.34. The van der Waals surface area contributed by atoms with Gasteiger partial charge in [-0.2, -0.15) is 0 Å². The van der Waals surface area contributed by atoms with Gasteiger partial charge in [0.05, 0.1) is 0 Å². The minimum absolute atomic E-state index is 0.435. The fourth-order valence-electron chi connectivity index (χ4n) is 2.59. The monoisotopic (exact) mass is 342 g/mol. The molecule has 4 nitrogen and oxygen atoms in total. The van der Waals surface area contributed by atoms with Crippen molar-refractivity contribution in [2.24, 2.45) is 5.92 Å². The van der Waals surface area contributed by atoms with Crippen LogP contribution in [0.3, 0.4) is 0 Å². The molecule has 0 spiro atoms. The fourth-order valence-corrected chi connectivity index (χ4v) is 3.73. The van der Waals surface area contributed by atoms with Crippen molar-refractivity contribution in [2.45, 2.75) is 12.8 Å². The zero-order chi connectivity index (χ0) is 16.2. The van der Waals surface area contributed by atoms with E-state index < -0.39 is 10.0 Å². The number of benzene rings is 1. The molecule has 1 aliphatic heterocycles. The van der Waals surface area contributed by atoms with Crippen LogP contribution in [0.4, 0.5) is 0 Å². The average Bonchev–Trinajstić information content (AvgIpc) is 2.49. The summed E-state index contributed by atoms with van der Waals surface area (Å²) in [5.74, 6) is 0.435. The van der Waals surface area contributed by atoms with Crippen molar-refractivity contribution in [1.29, 1.82) is 0 Å². The third-order valence-corrected chi connectivity index (χ3v) is 5.95. The molecule has 0 aliphatic carbocycles. The zero-order valence-corrected chi connectivity index (χ0v) is 14.6. The van der Waals surface area contributed by atoms with E-state index in [4.69, 9.17) is 11.6 Å². The quantitative estimate of drug-likeness (QED) is 0.826. The highest BCUT2D eigenvalue weighted by Crippen LogP contribution is 2.20. The number of sulfonamides is 1. The van der Waals surface area contributed by atoms with Gasteiger partial charge in [-0.1, -0.05) is 29.8 Å². The Bertz CT molecular complexity index is 623. The Morgan fingerprint density at radius 3 is 2.59 bits per heavy atom. The minimum Gasteiger partial charge on any atom is -0.306 e. The van der Waals surface area contributed by atoms with Crippen molar-refractivity contribution in [1.82, 2.24) is 9.21 Å². The molecule has 1 aromatic carbocycles. The van der Waals surface area contributed by atoms with Crippen LogP contribution >= 0.6 is 11.6 Å². The van der Waals surface area contributed by atoms with E-state index in [9.17, 15) is 8.42 Å². The SMILES string of the molecule is CN1CCC(CN(C)S(=O)(=O)C=Cc2ccccc2Cl)CC1. The molecule has 0 aromatic heterocycles. The lowest BCUT2D eigenvalue weighted by Crippen LogP contribution is -2.37. The molecule has 0 radical (unpaired) electrons. The number of piperidine rings is 1. The molecule has 0 N–H and O–H groups in total. The predicted molar refractivity (Wildman–Crippen MR) is 92.3 cm³/mol. The lowest BCUT2D eigenvalue weighted by Gasteiger charge is -2.30. The van der Waals surface area contributed by atoms with Gasteiger partial charge in [0.1, 0.15) is 0 Å². The minimum atomic E-state index is -3.41. The summed E-state index contributed by atoms with van der Waals surface area (Å²) < 4.78 is 26.1. The van der Waals surface area contributed by atoms with E-state index in [2.05, 4.69) is 11.9 Å². The van der Waals surface area contributed by atoms with E-state index >= 15 is 0 Å². The summed E-state index contributed by atoms with van der Waals surface area (Å²) in [5.41, 5.74) is 0.709. The van der Waals surface area contributed by atoms with E-state index in [1.807, 2.05) is 12.1 Å². The Balaban J connectivity index is 1.99. The van der Waals surface area contributed by atoms with Crippen LogP contribution in [0.25, 0.3) is 6.08 Å². The van der Waals surface area contributed by atoms with Crippen LogP contribution in [0.1, 0.15) is 18.4 Å². The van der Waals surface area contributed by atoms with Gasteiger partial charge < -0.3 is 4.90 Å². The van der Waals surface area contributed by atoms with Crippen molar-refractivity contribution in [3.8, 4) is 0 Å². The molecule has 122 valence electrons. The van der Waals surface area contributed by atoms with Crippen LogP contribution < -0.4 is 0 Å². The molecular formula is C16H23ClN2O2S. The maximum atomic E-state index is 12.3. The number of halogens is 1. The molecule has 0 bridgehead atoms. The van der Waals surface area contributed by atoms with Crippen molar-refractivity contribution in [3.63, 3.8) is 0 Å². The fraction of sp³-hybridized carbons (Fsp3) is 0.500. The predicted octanol–water partition coefficient (Wildman–Crippen LogP) is 2.91. The molecule has 1 aromatic rings. The summed E-state index contributed by atoms with van der Waals surface area (Å²) in [6, 6.07) is 7.20. The molecule has 0 atom stereocenters. The van der Waals surface area contributed by atoms with Gasteiger partial charge in [0.15, 0.2) is 0 Å². The molecule has 0 amide bonds. The third kappa shape index (κ3) is 4.81. The van der Waals surface area contributed by atoms with Gasteiger partial charge in [-0.05, 0) is 56.6 Å². The summed E-state index contributed by atoms with van der Waals surface area (Å²) >= 11 is 6.04. The number of rotatable bonds is 5. The second kappa shape index (κ2) is 7.59. The van der Waals surface area contributed by atoms with E-state index in [1.54, 1.807) is 25.3 Å². The highest BCUT2D eigenvalue weighted by atomic mass is 35.5. The van der Waals surface area contributed by atoms with E-state index in [-0.39, 0.29) is 0 Å². The number of hydrogen-bond acceptors (Lipinski definition) is 3. The van der Waals surface area contributed by atoms with Gasteiger partial charge in [-0.25, -0.2) is 12.7 Å². The van der Waals surface area contributed by atoms with Crippen molar-refractivity contribution in [3.05, 3.63) is 40.3 Å². The molecule has 22 heavy (non-hydrogen) atoms. The zero-order valence-electron chi connectivity index (χ0n) is 13.1. The summed E-state index contributed by atoms with van der Waals surface area (Å²) in [5, 5.41) is 1.79. The molecule has 1 fully saturated rings. The lowest BCUT2D eigenvalue weighted by atomic mass is 9.97. The largest absolute Gasteiger partial charge is 0.306 e. The summed E-state index contributed by atoms with van der Waals surface area (Å²) in [6.45, 7) is 2.64. The van der Waals surface area contributed by atoms with Crippen LogP contribution in [0.15, 0.2) is 29.7 Å². The van der Waals surface area contributed by atoms with Crippen molar-refractivity contribution < 1.29 is 8.42 Å². The second-order valence-corrected chi connectivity index (χ2v) is 8.23. The lowest BCUT2D eigenvalue weighted by molar-refractivity contribution is 0.202. The Kier molecular flexibility index (Phi) is 6.03. The Morgan fingerprint density at radius 1 is 1.32 bits per heavy atom. The second-order valence-electron chi connectivity index (χ2n) is 5.90. The average molecular weight is 343 g/mol. The standard InChI is InChI=1S/C16H23ClN2O2S/c1-18-10-7-14(8-11-18)13-19(2)22(20,21)12-9-15-5-3-4-6-16(15)17/h3-6,9,12,14H,7-8,10-11,13H2,1-2H3. The molecule has 6 heteroatoms. The maximum absolute atomic E-state index is 12.3. The van der Waals surface area contributed by atoms with E-state index in [0.717, 1.165) is 25.9 Å².